The lowest BCUT2D eigenvalue weighted by Gasteiger charge is -1.93. The summed E-state index contributed by atoms with van der Waals surface area (Å²) in [4.78, 5) is 22.2. The van der Waals surface area contributed by atoms with Crippen LogP contribution in [0.5, 0.6) is 0 Å². The Morgan fingerprint density at radius 1 is 0.789 bits per heavy atom. The standard InChI is InChI=1S/C14H6Cl2O3/c15-13(17)7-1-3-9-10-4-2-8(14(16)18)6-12(10)19-11(9)5-7/h1-6H. The van der Waals surface area contributed by atoms with E-state index in [1.165, 1.54) is 0 Å². The van der Waals surface area contributed by atoms with Crippen molar-refractivity contribution >= 4 is 55.6 Å². The first-order valence-electron chi connectivity index (χ1n) is 5.42. The summed E-state index contributed by atoms with van der Waals surface area (Å²) in [5, 5.41) is 0.619. The SMILES string of the molecule is O=C(Cl)c1ccc2c(c1)oc1cc(C(=O)Cl)ccc12. The van der Waals surface area contributed by atoms with Gasteiger partial charge in [-0.3, -0.25) is 9.59 Å². The van der Waals surface area contributed by atoms with Crippen molar-refractivity contribution in [2.24, 2.45) is 0 Å². The molecule has 0 aliphatic heterocycles. The van der Waals surface area contributed by atoms with Crippen LogP contribution in [-0.4, -0.2) is 10.5 Å². The van der Waals surface area contributed by atoms with E-state index in [0.29, 0.717) is 22.3 Å². The van der Waals surface area contributed by atoms with Crippen LogP contribution in [0.2, 0.25) is 0 Å². The van der Waals surface area contributed by atoms with Crippen LogP contribution >= 0.6 is 23.2 Å². The molecule has 0 saturated carbocycles. The Hall–Kier alpha value is -1.84. The van der Waals surface area contributed by atoms with Crippen molar-refractivity contribution in [3.05, 3.63) is 47.5 Å². The molecule has 1 heterocycles. The monoisotopic (exact) mass is 292 g/mol. The zero-order valence-electron chi connectivity index (χ0n) is 9.44. The lowest BCUT2D eigenvalue weighted by atomic mass is 10.1. The van der Waals surface area contributed by atoms with Crippen molar-refractivity contribution in [1.82, 2.24) is 0 Å². The Labute approximate surface area is 117 Å². The highest BCUT2D eigenvalue weighted by molar-refractivity contribution is 6.68. The zero-order valence-corrected chi connectivity index (χ0v) is 11.0. The van der Waals surface area contributed by atoms with E-state index >= 15 is 0 Å². The van der Waals surface area contributed by atoms with Crippen LogP contribution in [0.4, 0.5) is 0 Å². The lowest BCUT2D eigenvalue weighted by molar-refractivity contribution is 0.107. The Morgan fingerprint density at radius 2 is 1.21 bits per heavy atom. The summed E-state index contributed by atoms with van der Waals surface area (Å²) in [7, 11) is 0. The fourth-order valence-electron chi connectivity index (χ4n) is 2.02. The van der Waals surface area contributed by atoms with Crippen molar-refractivity contribution in [2.75, 3.05) is 0 Å². The number of furan rings is 1. The first kappa shape index (κ1) is 12.2. The second-order valence-corrected chi connectivity index (χ2v) is 4.76. The molecule has 3 rings (SSSR count). The molecule has 0 radical (unpaired) electrons. The van der Waals surface area contributed by atoms with E-state index in [1.807, 2.05) is 0 Å². The Kier molecular flexibility index (Phi) is 2.81. The van der Waals surface area contributed by atoms with Crippen LogP contribution in [0, 0.1) is 0 Å². The minimum absolute atomic E-state index is 0.363. The van der Waals surface area contributed by atoms with Crippen molar-refractivity contribution in [3.63, 3.8) is 0 Å². The molecule has 0 N–H and O–H groups in total. The van der Waals surface area contributed by atoms with Crippen LogP contribution < -0.4 is 0 Å². The number of carbonyl (C=O) groups is 2. The molecule has 19 heavy (non-hydrogen) atoms. The molecule has 0 saturated heterocycles. The number of rotatable bonds is 2. The van der Waals surface area contributed by atoms with E-state index in [4.69, 9.17) is 27.6 Å². The normalized spacial score (nSPS) is 11.1. The second kappa shape index (κ2) is 4.37. The first-order chi connectivity index (χ1) is 9.06. The van der Waals surface area contributed by atoms with Gasteiger partial charge < -0.3 is 4.42 Å². The maximum Gasteiger partial charge on any atom is 0.252 e. The molecule has 5 heteroatoms. The van der Waals surface area contributed by atoms with Gasteiger partial charge in [-0.1, -0.05) is 0 Å². The average molecular weight is 293 g/mol. The molecule has 0 fully saturated rings. The highest BCUT2D eigenvalue weighted by atomic mass is 35.5. The largest absolute Gasteiger partial charge is 0.456 e. The molecule has 3 aromatic rings. The van der Waals surface area contributed by atoms with Gasteiger partial charge in [0.15, 0.2) is 0 Å². The van der Waals surface area contributed by atoms with Gasteiger partial charge in [0, 0.05) is 21.9 Å². The van der Waals surface area contributed by atoms with Crippen molar-refractivity contribution in [3.8, 4) is 0 Å². The van der Waals surface area contributed by atoms with Gasteiger partial charge in [-0.25, -0.2) is 0 Å². The quantitative estimate of drug-likeness (QED) is 0.660. The van der Waals surface area contributed by atoms with Gasteiger partial charge in [0.1, 0.15) is 11.2 Å². The van der Waals surface area contributed by atoms with Crippen LogP contribution in [0.1, 0.15) is 20.7 Å². The number of hydrogen-bond donors (Lipinski definition) is 0. The Balaban J connectivity index is 2.31. The van der Waals surface area contributed by atoms with Gasteiger partial charge >= 0.3 is 0 Å². The molecular formula is C14H6Cl2O3. The summed E-state index contributed by atoms with van der Waals surface area (Å²) in [5.41, 5.74) is 1.81. The number of carbonyl (C=O) groups excluding carboxylic acids is 2. The molecule has 0 amide bonds. The molecule has 0 unspecified atom stereocenters. The van der Waals surface area contributed by atoms with E-state index in [-0.39, 0.29) is 0 Å². The van der Waals surface area contributed by atoms with E-state index in [1.54, 1.807) is 36.4 Å². The number of benzene rings is 2. The molecule has 0 aliphatic carbocycles. The number of fused-ring (bicyclic) bond motifs is 3. The summed E-state index contributed by atoms with van der Waals surface area (Å²) >= 11 is 10.9. The summed E-state index contributed by atoms with van der Waals surface area (Å²) in [5.74, 6) is 0. The summed E-state index contributed by atoms with van der Waals surface area (Å²) < 4.78 is 5.61. The molecule has 3 nitrogen and oxygen atoms in total. The predicted octanol–water partition coefficient (Wildman–Crippen LogP) is 4.34. The zero-order chi connectivity index (χ0) is 13.6. The number of halogens is 2. The molecule has 0 aliphatic rings. The van der Waals surface area contributed by atoms with E-state index < -0.39 is 10.5 Å². The van der Waals surface area contributed by atoms with Gasteiger partial charge in [-0.05, 0) is 59.6 Å². The fourth-order valence-corrected chi connectivity index (χ4v) is 2.26. The van der Waals surface area contributed by atoms with Crippen LogP contribution in [0.25, 0.3) is 21.9 Å². The average Bonchev–Trinajstić information content (AvgIpc) is 2.74. The smallest absolute Gasteiger partial charge is 0.252 e. The maximum absolute atomic E-state index is 11.1. The molecule has 0 bridgehead atoms. The van der Waals surface area contributed by atoms with E-state index in [0.717, 1.165) is 10.8 Å². The van der Waals surface area contributed by atoms with Crippen LogP contribution in [0.3, 0.4) is 0 Å². The van der Waals surface area contributed by atoms with Crippen molar-refractivity contribution in [2.45, 2.75) is 0 Å². The van der Waals surface area contributed by atoms with Crippen LogP contribution in [0.15, 0.2) is 40.8 Å². The van der Waals surface area contributed by atoms with Crippen LogP contribution in [-0.2, 0) is 0 Å². The summed E-state index contributed by atoms with van der Waals surface area (Å²) in [6.07, 6.45) is 0. The van der Waals surface area contributed by atoms with Gasteiger partial charge in [-0.2, -0.15) is 0 Å². The third kappa shape index (κ3) is 2.01. The molecule has 1 aromatic heterocycles. The lowest BCUT2D eigenvalue weighted by Crippen LogP contribution is -1.86. The minimum atomic E-state index is -0.543. The first-order valence-corrected chi connectivity index (χ1v) is 6.18. The summed E-state index contributed by atoms with van der Waals surface area (Å²) in [6, 6.07) is 9.94. The minimum Gasteiger partial charge on any atom is -0.456 e. The molecule has 0 spiro atoms. The second-order valence-electron chi connectivity index (χ2n) is 4.07. The predicted molar refractivity (Wildman–Crippen MR) is 74.1 cm³/mol. The molecule has 2 aromatic carbocycles. The van der Waals surface area contributed by atoms with Gasteiger partial charge in [0.25, 0.3) is 10.5 Å². The number of hydrogen-bond acceptors (Lipinski definition) is 3. The third-order valence-corrected chi connectivity index (χ3v) is 3.36. The summed E-state index contributed by atoms with van der Waals surface area (Å²) in [6.45, 7) is 0. The fraction of sp³-hybridized carbons (Fsp3) is 0. The highest BCUT2D eigenvalue weighted by Gasteiger charge is 2.11. The van der Waals surface area contributed by atoms with Crippen molar-refractivity contribution < 1.29 is 14.0 Å². The van der Waals surface area contributed by atoms with Gasteiger partial charge in [0.2, 0.25) is 0 Å². The Morgan fingerprint density at radius 3 is 1.58 bits per heavy atom. The van der Waals surface area contributed by atoms with Crippen molar-refractivity contribution in [1.29, 1.82) is 0 Å². The van der Waals surface area contributed by atoms with Gasteiger partial charge in [0.05, 0.1) is 0 Å². The van der Waals surface area contributed by atoms with Gasteiger partial charge in [-0.15, -0.1) is 0 Å². The molecule has 94 valence electrons. The highest BCUT2D eigenvalue weighted by Crippen LogP contribution is 2.30. The van der Waals surface area contributed by atoms with E-state index in [2.05, 4.69) is 0 Å². The maximum atomic E-state index is 11.1. The topological polar surface area (TPSA) is 47.3 Å². The third-order valence-electron chi connectivity index (χ3n) is 2.93. The molecular weight excluding hydrogens is 287 g/mol. The van der Waals surface area contributed by atoms with E-state index in [9.17, 15) is 9.59 Å². The molecule has 0 atom stereocenters. The Bertz CT molecular complexity index is 765.